The van der Waals surface area contributed by atoms with Gasteiger partial charge in [0.1, 0.15) is 0 Å². The quantitative estimate of drug-likeness (QED) is 0.644. The van der Waals surface area contributed by atoms with Gasteiger partial charge >= 0.3 is 0 Å². The van der Waals surface area contributed by atoms with Crippen molar-refractivity contribution in [3.05, 3.63) is 0 Å². The van der Waals surface area contributed by atoms with Gasteiger partial charge in [0.05, 0.1) is 18.8 Å². The van der Waals surface area contributed by atoms with E-state index >= 15 is 0 Å². The molecule has 0 aromatic heterocycles. The Bertz CT molecular complexity index is 218. The van der Waals surface area contributed by atoms with Crippen molar-refractivity contribution >= 4 is 5.91 Å². The van der Waals surface area contributed by atoms with Crippen molar-refractivity contribution in [3.8, 4) is 0 Å². The fraction of sp³-hybridized carbons (Fsp3) is 0.900. The number of rotatable bonds is 1. The summed E-state index contributed by atoms with van der Waals surface area (Å²) in [7, 11) is 0. The molecule has 2 heterocycles. The molecular weight excluding hydrogens is 180 g/mol. The Morgan fingerprint density at radius 3 is 2.71 bits per heavy atom. The van der Waals surface area contributed by atoms with E-state index in [1.54, 1.807) is 0 Å². The lowest BCUT2D eigenvalue weighted by atomic mass is 9.98. The molecule has 0 spiro atoms. The third-order valence-corrected chi connectivity index (χ3v) is 3.14. The zero-order chi connectivity index (χ0) is 10.0. The minimum atomic E-state index is -0.308. The second kappa shape index (κ2) is 3.87. The summed E-state index contributed by atoms with van der Waals surface area (Å²) in [4.78, 5) is 14.0. The molecular formula is C10H18N2O2. The van der Waals surface area contributed by atoms with Crippen LogP contribution in [-0.2, 0) is 9.53 Å². The number of nitrogens with one attached hydrogen (secondary N) is 1. The Morgan fingerprint density at radius 1 is 1.43 bits per heavy atom. The van der Waals surface area contributed by atoms with Gasteiger partial charge in [-0.05, 0) is 26.3 Å². The zero-order valence-electron chi connectivity index (χ0n) is 8.71. The van der Waals surface area contributed by atoms with E-state index in [9.17, 15) is 4.79 Å². The van der Waals surface area contributed by atoms with E-state index in [-0.39, 0.29) is 11.4 Å². The Hall–Kier alpha value is -0.610. The summed E-state index contributed by atoms with van der Waals surface area (Å²) in [5.74, 6) is 0.248. The van der Waals surface area contributed by atoms with Crippen LogP contribution in [-0.4, -0.2) is 49.2 Å². The smallest absolute Gasteiger partial charge is 0.242 e. The highest BCUT2D eigenvalue weighted by molar-refractivity contribution is 5.86. The van der Waals surface area contributed by atoms with Gasteiger partial charge in [0.15, 0.2) is 0 Å². The largest absolute Gasteiger partial charge is 0.378 e. The molecule has 0 radical (unpaired) electrons. The van der Waals surface area contributed by atoms with Gasteiger partial charge in [-0.15, -0.1) is 0 Å². The molecule has 0 bridgehead atoms. The summed E-state index contributed by atoms with van der Waals surface area (Å²) >= 11 is 0. The SMILES string of the molecule is C[C@@]1(C(=O)N2CCOCC2)CCCN1. The first-order chi connectivity index (χ1) is 6.72. The maximum Gasteiger partial charge on any atom is 0.242 e. The number of nitrogens with zero attached hydrogens (tertiary/aromatic N) is 1. The lowest BCUT2D eigenvalue weighted by Crippen LogP contribution is -2.55. The molecule has 1 N–H and O–H groups in total. The van der Waals surface area contributed by atoms with Crippen LogP contribution in [0.3, 0.4) is 0 Å². The normalized spacial score (nSPS) is 33.4. The van der Waals surface area contributed by atoms with Gasteiger partial charge in [0.25, 0.3) is 0 Å². The molecule has 2 fully saturated rings. The first kappa shape index (κ1) is 9.93. The Morgan fingerprint density at radius 2 is 2.14 bits per heavy atom. The average Bonchev–Trinajstić information content (AvgIpc) is 2.67. The van der Waals surface area contributed by atoms with Gasteiger partial charge in [0.2, 0.25) is 5.91 Å². The highest BCUT2D eigenvalue weighted by atomic mass is 16.5. The molecule has 0 aromatic rings. The molecule has 2 rings (SSSR count). The molecule has 4 nitrogen and oxygen atoms in total. The van der Waals surface area contributed by atoms with Crippen LogP contribution < -0.4 is 5.32 Å². The number of ether oxygens (including phenoxy) is 1. The van der Waals surface area contributed by atoms with Crippen LogP contribution in [0.2, 0.25) is 0 Å². The van der Waals surface area contributed by atoms with Crippen molar-refractivity contribution in [1.82, 2.24) is 10.2 Å². The summed E-state index contributed by atoms with van der Waals surface area (Å²) in [6.45, 7) is 5.83. The van der Waals surface area contributed by atoms with Crippen LogP contribution in [0, 0.1) is 0 Å². The molecule has 2 aliphatic heterocycles. The second-order valence-electron chi connectivity index (χ2n) is 4.27. The zero-order valence-corrected chi connectivity index (χ0v) is 8.71. The topological polar surface area (TPSA) is 41.6 Å². The predicted octanol–water partition coefficient (Wildman–Crippen LogP) is -0.0127. The molecule has 0 saturated carbocycles. The molecule has 14 heavy (non-hydrogen) atoms. The van der Waals surface area contributed by atoms with E-state index in [0.717, 1.165) is 32.5 Å². The van der Waals surface area contributed by atoms with E-state index in [0.29, 0.717) is 13.2 Å². The highest BCUT2D eigenvalue weighted by Gasteiger charge is 2.39. The molecule has 2 saturated heterocycles. The summed E-state index contributed by atoms with van der Waals surface area (Å²) in [6.07, 6.45) is 2.07. The lowest BCUT2D eigenvalue weighted by molar-refractivity contribution is -0.141. The number of carbonyl (C=O) groups is 1. The first-order valence-corrected chi connectivity index (χ1v) is 5.34. The van der Waals surface area contributed by atoms with Gasteiger partial charge in [-0.25, -0.2) is 0 Å². The molecule has 1 atom stereocenters. The number of hydrogen-bond donors (Lipinski definition) is 1. The van der Waals surface area contributed by atoms with Gasteiger partial charge in [-0.3, -0.25) is 4.79 Å². The van der Waals surface area contributed by atoms with E-state index in [1.807, 2.05) is 11.8 Å². The summed E-state index contributed by atoms with van der Waals surface area (Å²) in [6, 6.07) is 0. The van der Waals surface area contributed by atoms with Crippen LogP contribution in [0.15, 0.2) is 0 Å². The maximum atomic E-state index is 12.1. The van der Waals surface area contributed by atoms with Gasteiger partial charge in [0, 0.05) is 13.1 Å². The molecule has 4 heteroatoms. The standard InChI is InChI=1S/C10H18N2O2/c1-10(3-2-4-11-10)9(13)12-5-7-14-8-6-12/h11H,2-8H2,1H3/t10-/m0/s1. The molecule has 1 amide bonds. The van der Waals surface area contributed by atoms with E-state index in [2.05, 4.69) is 5.32 Å². The van der Waals surface area contributed by atoms with Gasteiger partial charge in [-0.2, -0.15) is 0 Å². The molecule has 0 unspecified atom stereocenters. The minimum Gasteiger partial charge on any atom is -0.378 e. The fourth-order valence-electron chi connectivity index (χ4n) is 2.19. The lowest BCUT2D eigenvalue weighted by Gasteiger charge is -2.34. The van der Waals surface area contributed by atoms with E-state index in [1.165, 1.54) is 0 Å². The van der Waals surface area contributed by atoms with Crippen molar-refractivity contribution in [3.63, 3.8) is 0 Å². The third kappa shape index (κ3) is 1.77. The first-order valence-electron chi connectivity index (χ1n) is 5.34. The van der Waals surface area contributed by atoms with Crippen molar-refractivity contribution in [2.75, 3.05) is 32.8 Å². The molecule has 0 aliphatic carbocycles. The second-order valence-corrected chi connectivity index (χ2v) is 4.27. The van der Waals surface area contributed by atoms with Crippen molar-refractivity contribution in [1.29, 1.82) is 0 Å². The van der Waals surface area contributed by atoms with E-state index in [4.69, 9.17) is 4.74 Å². The Labute approximate surface area is 84.6 Å². The van der Waals surface area contributed by atoms with E-state index < -0.39 is 0 Å². The minimum absolute atomic E-state index is 0.248. The van der Waals surface area contributed by atoms with Crippen LogP contribution in [0.1, 0.15) is 19.8 Å². The number of morpholine rings is 1. The monoisotopic (exact) mass is 198 g/mol. The molecule has 2 aliphatic rings. The Kier molecular flexibility index (Phi) is 2.74. The average molecular weight is 198 g/mol. The Balaban J connectivity index is 1.98. The third-order valence-electron chi connectivity index (χ3n) is 3.14. The van der Waals surface area contributed by atoms with Gasteiger partial charge in [-0.1, -0.05) is 0 Å². The summed E-state index contributed by atoms with van der Waals surface area (Å²) < 4.78 is 5.23. The van der Waals surface area contributed by atoms with Crippen LogP contribution in [0.4, 0.5) is 0 Å². The maximum absolute atomic E-state index is 12.1. The number of amides is 1. The number of carbonyl (C=O) groups excluding carboxylic acids is 1. The highest BCUT2D eigenvalue weighted by Crippen LogP contribution is 2.21. The van der Waals surface area contributed by atoms with Crippen LogP contribution in [0.5, 0.6) is 0 Å². The van der Waals surface area contributed by atoms with Crippen LogP contribution in [0.25, 0.3) is 0 Å². The van der Waals surface area contributed by atoms with Crippen LogP contribution >= 0.6 is 0 Å². The fourth-order valence-corrected chi connectivity index (χ4v) is 2.19. The predicted molar refractivity (Wildman–Crippen MR) is 53.0 cm³/mol. The van der Waals surface area contributed by atoms with Crippen molar-refractivity contribution in [2.45, 2.75) is 25.3 Å². The number of hydrogen-bond acceptors (Lipinski definition) is 3. The van der Waals surface area contributed by atoms with Gasteiger partial charge < -0.3 is 15.0 Å². The molecule has 0 aromatic carbocycles. The molecule has 80 valence electrons. The summed E-state index contributed by atoms with van der Waals surface area (Å²) in [5.41, 5.74) is -0.308. The van der Waals surface area contributed by atoms with Crippen molar-refractivity contribution in [2.24, 2.45) is 0 Å². The summed E-state index contributed by atoms with van der Waals surface area (Å²) in [5, 5.41) is 3.30. The van der Waals surface area contributed by atoms with Crippen molar-refractivity contribution < 1.29 is 9.53 Å².